The molecule has 0 aromatic carbocycles. The van der Waals surface area contributed by atoms with Crippen molar-refractivity contribution in [2.75, 3.05) is 5.32 Å². The third kappa shape index (κ3) is 2.99. The lowest BCUT2D eigenvalue weighted by Gasteiger charge is -2.09. The fourth-order valence-corrected chi connectivity index (χ4v) is 2.77. The van der Waals surface area contributed by atoms with Gasteiger partial charge in [-0.15, -0.1) is 0 Å². The lowest BCUT2D eigenvalue weighted by Crippen LogP contribution is -2.16. The predicted octanol–water partition coefficient (Wildman–Crippen LogP) is 2.66. The van der Waals surface area contributed by atoms with Crippen molar-refractivity contribution in [3.05, 3.63) is 38.4 Å². The molecule has 0 saturated carbocycles. The van der Waals surface area contributed by atoms with Gasteiger partial charge in [-0.05, 0) is 47.4 Å². The highest BCUT2D eigenvalue weighted by atomic mass is 79.9. The maximum Gasteiger partial charge on any atom is 0.259 e. The highest BCUT2D eigenvalue weighted by Crippen LogP contribution is 2.21. The van der Waals surface area contributed by atoms with Crippen molar-refractivity contribution in [3.8, 4) is 0 Å². The van der Waals surface area contributed by atoms with Gasteiger partial charge in [0.2, 0.25) is 0 Å². The number of nitrogens with one attached hydrogen (secondary N) is 1. The summed E-state index contributed by atoms with van der Waals surface area (Å²) in [7, 11) is 0. The van der Waals surface area contributed by atoms with Gasteiger partial charge in [-0.25, -0.2) is 4.98 Å². The van der Waals surface area contributed by atoms with Gasteiger partial charge in [0.1, 0.15) is 5.82 Å². The number of nitrogens with zero attached hydrogens (tertiary/aromatic N) is 2. The van der Waals surface area contributed by atoms with Crippen LogP contribution in [0.1, 0.15) is 26.5 Å². The van der Waals surface area contributed by atoms with E-state index in [0.717, 1.165) is 9.35 Å². The molecule has 0 bridgehead atoms. The number of aromatic nitrogens is 2. The third-order valence-electron chi connectivity index (χ3n) is 2.60. The van der Waals surface area contributed by atoms with Crippen LogP contribution in [-0.4, -0.2) is 20.4 Å². The number of aliphatic hydroxyl groups excluding tert-OH is 1. The van der Waals surface area contributed by atoms with Crippen LogP contribution in [-0.2, 0) is 6.61 Å². The molecule has 0 unspecified atom stereocenters. The first-order chi connectivity index (χ1) is 9.02. The van der Waals surface area contributed by atoms with Gasteiger partial charge in [0, 0.05) is 21.1 Å². The quantitative estimate of drug-likeness (QED) is 0.899. The van der Waals surface area contributed by atoms with Crippen LogP contribution in [0.15, 0.2) is 16.7 Å². The Morgan fingerprint density at radius 3 is 2.84 bits per heavy atom. The number of rotatable bonds is 3. The number of pyridine rings is 1. The van der Waals surface area contributed by atoms with Crippen molar-refractivity contribution in [1.29, 1.82) is 0 Å². The maximum atomic E-state index is 12.2. The van der Waals surface area contributed by atoms with Crippen LogP contribution in [0.25, 0.3) is 0 Å². The molecule has 19 heavy (non-hydrogen) atoms. The topological polar surface area (TPSA) is 75.1 Å². The van der Waals surface area contributed by atoms with Crippen LogP contribution in [0, 0.1) is 13.8 Å². The van der Waals surface area contributed by atoms with Crippen LogP contribution in [0.3, 0.4) is 0 Å². The molecule has 1 amide bonds. The van der Waals surface area contributed by atoms with E-state index in [9.17, 15) is 9.90 Å². The van der Waals surface area contributed by atoms with E-state index >= 15 is 0 Å². The Labute approximate surface area is 123 Å². The first kappa shape index (κ1) is 14.1. The van der Waals surface area contributed by atoms with E-state index in [0.29, 0.717) is 22.6 Å². The van der Waals surface area contributed by atoms with Crippen molar-refractivity contribution in [1.82, 2.24) is 9.36 Å². The SMILES string of the molecule is Cc1nsc(C)c1C(=O)Nc1ncc(Br)cc1CO. The summed E-state index contributed by atoms with van der Waals surface area (Å²) in [5, 5.41) is 12.0. The fourth-order valence-electron chi connectivity index (χ4n) is 1.69. The number of carbonyl (C=O) groups excluding carboxylic acids is 1. The van der Waals surface area contributed by atoms with Gasteiger partial charge < -0.3 is 10.4 Å². The number of hydrogen-bond acceptors (Lipinski definition) is 5. The summed E-state index contributed by atoms with van der Waals surface area (Å²) in [6, 6.07) is 1.72. The lowest BCUT2D eigenvalue weighted by molar-refractivity contribution is 0.102. The number of aryl methyl sites for hydroxylation is 2. The van der Waals surface area contributed by atoms with Gasteiger partial charge in [-0.1, -0.05) is 0 Å². The Bertz CT molecular complexity index is 608. The number of amides is 1. The van der Waals surface area contributed by atoms with E-state index in [-0.39, 0.29) is 12.5 Å². The molecule has 0 fully saturated rings. The zero-order valence-electron chi connectivity index (χ0n) is 10.4. The van der Waals surface area contributed by atoms with Crippen molar-refractivity contribution in [2.24, 2.45) is 0 Å². The standard InChI is InChI=1S/C12H12BrN3O2S/c1-6-10(7(2)19-16-6)12(18)15-11-8(5-17)3-9(13)4-14-11/h3-4,17H,5H2,1-2H3,(H,14,15,18). The van der Waals surface area contributed by atoms with E-state index in [1.165, 1.54) is 11.5 Å². The van der Waals surface area contributed by atoms with Gasteiger partial charge in [-0.2, -0.15) is 4.37 Å². The van der Waals surface area contributed by atoms with E-state index in [2.05, 4.69) is 30.6 Å². The molecule has 0 radical (unpaired) electrons. The minimum absolute atomic E-state index is 0.193. The zero-order valence-corrected chi connectivity index (χ0v) is 12.8. The number of halogens is 1. The molecule has 0 aliphatic carbocycles. The van der Waals surface area contributed by atoms with E-state index in [1.807, 2.05) is 6.92 Å². The monoisotopic (exact) mass is 341 g/mol. The molecule has 100 valence electrons. The van der Waals surface area contributed by atoms with Crippen LogP contribution in [0.4, 0.5) is 5.82 Å². The minimum Gasteiger partial charge on any atom is -0.392 e. The first-order valence-electron chi connectivity index (χ1n) is 5.52. The largest absolute Gasteiger partial charge is 0.392 e. The second-order valence-corrected chi connectivity index (χ2v) is 5.87. The smallest absolute Gasteiger partial charge is 0.259 e. The average Bonchev–Trinajstić information content (AvgIpc) is 2.71. The predicted molar refractivity (Wildman–Crippen MR) is 77.4 cm³/mol. The summed E-state index contributed by atoms with van der Waals surface area (Å²) in [6.07, 6.45) is 1.57. The zero-order chi connectivity index (χ0) is 14.0. The highest BCUT2D eigenvalue weighted by Gasteiger charge is 2.17. The number of anilines is 1. The lowest BCUT2D eigenvalue weighted by atomic mass is 10.2. The molecule has 0 aliphatic heterocycles. The first-order valence-corrected chi connectivity index (χ1v) is 7.09. The maximum absolute atomic E-state index is 12.2. The summed E-state index contributed by atoms with van der Waals surface area (Å²) in [5.74, 6) is 0.106. The van der Waals surface area contributed by atoms with Crippen LogP contribution in [0.2, 0.25) is 0 Å². The molecule has 0 atom stereocenters. The molecule has 2 rings (SSSR count). The van der Waals surface area contributed by atoms with Crippen molar-refractivity contribution >= 4 is 39.2 Å². The fraction of sp³-hybridized carbons (Fsp3) is 0.250. The number of hydrogen-bond donors (Lipinski definition) is 2. The summed E-state index contributed by atoms with van der Waals surface area (Å²) in [5.41, 5.74) is 1.82. The Kier molecular flexibility index (Phi) is 4.28. The van der Waals surface area contributed by atoms with Gasteiger partial charge in [0.25, 0.3) is 5.91 Å². The van der Waals surface area contributed by atoms with Crippen molar-refractivity contribution in [2.45, 2.75) is 20.5 Å². The van der Waals surface area contributed by atoms with E-state index in [1.54, 1.807) is 19.2 Å². The number of carbonyl (C=O) groups is 1. The minimum atomic E-state index is -0.256. The molecule has 5 nitrogen and oxygen atoms in total. The summed E-state index contributed by atoms with van der Waals surface area (Å²) < 4.78 is 4.89. The number of aliphatic hydroxyl groups is 1. The van der Waals surface area contributed by atoms with E-state index < -0.39 is 0 Å². The van der Waals surface area contributed by atoms with Gasteiger partial charge in [-0.3, -0.25) is 4.79 Å². The Hall–Kier alpha value is -1.31. The van der Waals surface area contributed by atoms with Crippen LogP contribution >= 0.6 is 27.5 Å². The molecular formula is C12H12BrN3O2S. The Morgan fingerprint density at radius 1 is 1.53 bits per heavy atom. The molecule has 2 N–H and O–H groups in total. The molecule has 0 spiro atoms. The average molecular weight is 342 g/mol. The molecule has 0 aliphatic rings. The summed E-state index contributed by atoms with van der Waals surface area (Å²) in [4.78, 5) is 17.2. The Morgan fingerprint density at radius 2 is 2.26 bits per heavy atom. The summed E-state index contributed by atoms with van der Waals surface area (Å²) >= 11 is 4.56. The van der Waals surface area contributed by atoms with Gasteiger partial charge in [0.15, 0.2) is 0 Å². The molecule has 2 aromatic rings. The molecule has 2 heterocycles. The third-order valence-corrected chi connectivity index (χ3v) is 3.87. The molecule has 7 heteroatoms. The summed E-state index contributed by atoms with van der Waals surface area (Å²) in [6.45, 7) is 3.45. The second-order valence-electron chi connectivity index (χ2n) is 3.97. The Balaban J connectivity index is 2.29. The van der Waals surface area contributed by atoms with Crippen molar-refractivity contribution < 1.29 is 9.90 Å². The highest BCUT2D eigenvalue weighted by molar-refractivity contribution is 9.10. The van der Waals surface area contributed by atoms with Gasteiger partial charge >= 0.3 is 0 Å². The van der Waals surface area contributed by atoms with Crippen molar-refractivity contribution in [3.63, 3.8) is 0 Å². The van der Waals surface area contributed by atoms with Crippen LogP contribution < -0.4 is 5.32 Å². The van der Waals surface area contributed by atoms with E-state index in [4.69, 9.17) is 0 Å². The molecule has 2 aromatic heterocycles. The molecule has 0 saturated heterocycles. The van der Waals surface area contributed by atoms with Crippen LogP contribution in [0.5, 0.6) is 0 Å². The molecular weight excluding hydrogens is 330 g/mol. The second kappa shape index (κ2) is 5.77. The van der Waals surface area contributed by atoms with Gasteiger partial charge in [0.05, 0.1) is 17.9 Å². The normalized spacial score (nSPS) is 10.5.